The Kier molecular flexibility index (Phi) is 5.14. The van der Waals surface area contributed by atoms with Crippen molar-refractivity contribution in [1.82, 2.24) is 0 Å². The Morgan fingerprint density at radius 1 is 1.22 bits per heavy atom. The van der Waals surface area contributed by atoms with Crippen molar-refractivity contribution in [3.05, 3.63) is 35.1 Å². The predicted octanol–water partition coefficient (Wildman–Crippen LogP) is 3.90. The lowest BCUT2D eigenvalue weighted by Crippen LogP contribution is -2.20. The van der Waals surface area contributed by atoms with Crippen molar-refractivity contribution < 1.29 is 17.6 Å². The molecule has 0 radical (unpaired) electrons. The summed E-state index contributed by atoms with van der Waals surface area (Å²) in [7, 11) is 0. The summed E-state index contributed by atoms with van der Waals surface area (Å²) < 4.78 is 50.3. The van der Waals surface area contributed by atoms with Crippen LogP contribution < -0.4 is 5.73 Å². The van der Waals surface area contributed by atoms with Crippen molar-refractivity contribution in [2.45, 2.75) is 44.8 Å². The minimum atomic E-state index is -4.64. The van der Waals surface area contributed by atoms with Gasteiger partial charge in [0, 0.05) is 6.04 Å². The molecule has 0 spiro atoms. The smallest absolute Gasteiger partial charge is 0.328 e. The van der Waals surface area contributed by atoms with Gasteiger partial charge in [-0.1, -0.05) is 19.4 Å². The Labute approximate surface area is 104 Å². The van der Waals surface area contributed by atoms with E-state index in [9.17, 15) is 17.6 Å². The standard InChI is InChI=1S/C13H17F4N/c1-2-3-10(18)6-4-9-5-7-11(12(14)8-9)13(15,16)17/h5,7-8,10H,2-4,6,18H2,1H3. The molecule has 0 bridgehead atoms. The van der Waals surface area contributed by atoms with Gasteiger partial charge in [-0.2, -0.15) is 13.2 Å². The Morgan fingerprint density at radius 2 is 1.89 bits per heavy atom. The molecular weight excluding hydrogens is 246 g/mol. The lowest BCUT2D eigenvalue weighted by molar-refractivity contribution is -0.140. The van der Waals surface area contributed by atoms with Gasteiger partial charge in [0.1, 0.15) is 5.82 Å². The van der Waals surface area contributed by atoms with E-state index in [0.717, 1.165) is 25.0 Å². The molecule has 0 fully saturated rings. The molecule has 5 heteroatoms. The van der Waals surface area contributed by atoms with Crippen molar-refractivity contribution in [2.24, 2.45) is 5.73 Å². The van der Waals surface area contributed by atoms with Crippen LogP contribution in [-0.4, -0.2) is 6.04 Å². The van der Waals surface area contributed by atoms with Crippen LogP contribution in [0.3, 0.4) is 0 Å². The zero-order chi connectivity index (χ0) is 13.8. The van der Waals surface area contributed by atoms with Crippen LogP contribution in [0.25, 0.3) is 0 Å². The van der Waals surface area contributed by atoms with Crippen LogP contribution in [0.5, 0.6) is 0 Å². The number of aryl methyl sites for hydroxylation is 1. The molecule has 0 saturated carbocycles. The van der Waals surface area contributed by atoms with Gasteiger partial charge in [0.25, 0.3) is 0 Å². The van der Waals surface area contributed by atoms with Crippen molar-refractivity contribution in [1.29, 1.82) is 0 Å². The first-order chi connectivity index (χ1) is 8.34. The highest BCUT2D eigenvalue weighted by atomic mass is 19.4. The van der Waals surface area contributed by atoms with Gasteiger partial charge in [0.15, 0.2) is 0 Å². The number of nitrogens with two attached hydrogens (primary N) is 1. The molecule has 1 aromatic carbocycles. The second-order valence-corrected chi connectivity index (χ2v) is 4.40. The minimum Gasteiger partial charge on any atom is -0.328 e. The molecule has 18 heavy (non-hydrogen) atoms. The summed E-state index contributed by atoms with van der Waals surface area (Å²) in [6.07, 6.45) is -1.66. The Bertz CT molecular complexity index is 387. The molecule has 0 aromatic heterocycles. The highest BCUT2D eigenvalue weighted by Gasteiger charge is 2.33. The lowest BCUT2D eigenvalue weighted by atomic mass is 10.0. The lowest BCUT2D eigenvalue weighted by Gasteiger charge is -2.12. The second-order valence-electron chi connectivity index (χ2n) is 4.40. The van der Waals surface area contributed by atoms with Crippen LogP contribution in [-0.2, 0) is 12.6 Å². The van der Waals surface area contributed by atoms with E-state index in [-0.39, 0.29) is 6.04 Å². The van der Waals surface area contributed by atoms with Gasteiger partial charge in [0.05, 0.1) is 5.56 Å². The number of hydrogen-bond donors (Lipinski definition) is 1. The summed E-state index contributed by atoms with van der Waals surface area (Å²) in [5.41, 5.74) is 5.13. The maximum absolute atomic E-state index is 13.3. The van der Waals surface area contributed by atoms with Crippen molar-refractivity contribution in [3.8, 4) is 0 Å². The van der Waals surface area contributed by atoms with E-state index in [1.807, 2.05) is 6.92 Å². The zero-order valence-corrected chi connectivity index (χ0v) is 10.2. The number of rotatable bonds is 5. The van der Waals surface area contributed by atoms with E-state index in [1.165, 1.54) is 6.07 Å². The van der Waals surface area contributed by atoms with E-state index < -0.39 is 17.6 Å². The molecule has 2 N–H and O–H groups in total. The van der Waals surface area contributed by atoms with E-state index in [1.54, 1.807) is 0 Å². The van der Waals surface area contributed by atoms with Crippen molar-refractivity contribution in [2.75, 3.05) is 0 Å². The van der Waals surface area contributed by atoms with Crippen LogP contribution >= 0.6 is 0 Å². The third-order valence-corrected chi connectivity index (χ3v) is 2.80. The Morgan fingerprint density at radius 3 is 2.39 bits per heavy atom. The monoisotopic (exact) mass is 263 g/mol. The van der Waals surface area contributed by atoms with Gasteiger partial charge in [-0.15, -0.1) is 0 Å². The van der Waals surface area contributed by atoms with Gasteiger partial charge in [0.2, 0.25) is 0 Å². The van der Waals surface area contributed by atoms with Crippen molar-refractivity contribution in [3.63, 3.8) is 0 Å². The highest BCUT2D eigenvalue weighted by molar-refractivity contribution is 5.26. The summed E-state index contributed by atoms with van der Waals surface area (Å²) in [6, 6.07) is 3.06. The van der Waals surface area contributed by atoms with E-state index in [4.69, 9.17) is 5.73 Å². The van der Waals surface area contributed by atoms with Gasteiger partial charge in [-0.05, 0) is 37.0 Å². The molecule has 0 aliphatic rings. The first-order valence-corrected chi connectivity index (χ1v) is 5.95. The second kappa shape index (κ2) is 6.18. The van der Waals surface area contributed by atoms with Crippen molar-refractivity contribution >= 4 is 0 Å². The molecule has 102 valence electrons. The van der Waals surface area contributed by atoms with E-state index in [2.05, 4.69) is 0 Å². The third-order valence-electron chi connectivity index (χ3n) is 2.80. The predicted molar refractivity (Wildman–Crippen MR) is 62.6 cm³/mol. The van der Waals surface area contributed by atoms with Gasteiger partial charge >= 0.3 is 6.18 Å². The van der Waals surface area contributed by atoms with E-state index in [0.29, 0.717) is 18.4 Å². The van der Waals surface area contributed by atoms with Gasteiger partial charge in [-0.25, -0.2) is 4.39 Å². The molecular formula is C13H17F4N. The number of alkyl halides is 3. The molecule has 0 amide bonds. The molecule has 0 aliphatic heterocycles. The molecule has 1 rings (SSSR count). The molecule has 1 unspecified atom stereocenters. The third kappa shape index (κ3) is 4.29. The SMILES string of the molecule is CCCC(N)CCc1ccc(C(F)(F)F)c(F)c1. The molecule has 0 aliphatic carbocycles. The minimum absolute atomic E-state index is 0.0142. The van der Waals surface area contributed by atoms with Crippen LogP contribution in [0, 0.1) is 5.82 Å². The molecule has 1 atom stereocenters. The molecule has 0 saturated heterocycles. The van der Waals surface area contributed by atoms with Crippen LogP contribution in [0.2, 0.25) is 0 Å². The molecule has 1 nitrogen and oxygen atoms in total. The van der Waals surface area contributed by atoms with Crippen LogP contribution in [0.4, 0.5) is 17.6 Å². The summed E-state index contributed by atoms with van der Waals surface area (Å²) in [6.45, 7) is 2.01. The summed E-state index contributed by atoms with van der Waals surface area (Å²) in [5, 5.41) is 0. The molecule has 1 aromatic rings. The Balaban J connectivity index is 2.68. The normalized spacial score (nSPS) is 13.7. The van der Waals surface area contributed by atoms with Gasteiger partial charge < -0.3 is 5.73 Å². The zero-order valence-electron chi connectivity index (χ0n) is 10.2. The largest absolute Gasteiger partial charge is 0.419 e. The highest BCUT2D eigenvalue weighted by Crippen LogP contribution is 2.31. The molecule has 0 heterocycles. The maximum Gasteiger partial charge on any atom is 0.419 e. The summed E-state index contributed by atoms with van der Waals surface area (Å²) in [5.74, 6) is -1.22. The fourth-order valence-corrected chi connectivity index (χ4v) is 1.81. The average molecular weight is 263 g/mol. The van der Waals surface area contributed by atoms with Crippen LogP contribution in [0.15, 0.2) is 18.2 Å². The number of hydrogen-bond acceptors (Lipinski definition) is 1. The fourth-order valence-electron chi connectivity index (χ4n) is 1.81. The number of halogens is 4. The average Bonchev–Trinajstić information content (AvgIpc) is 2.25. The first-order valence-electron chi connectivity index (χ1n) is 5.95. The number of benzene rings is 1. The quantitative estimate of drug-likeness (QED) is 0.801. The first kappa shape index (κ1) is 15.0. The fraction of sp³-hybridized carbons (Fsp3) is 0.538. The van der Waals surface area contributed by atoms with Crippen LogP contribution in [0.1, 0.15) is 37.3 Å². The summed E-state index contributed by atoms with van der Waals surface area (Å²) in [4.78, 5) is 0. The van der Waals surface area contributed by atoms with E-state index >= 15 is 0 Å². The Hall–Kier alpha value is -1.10. The topological polar surface area (TPSA) is 26.0 Å². The maximum atomic E-state index is 13.3. The van der Waals surface area contributed by atoms with Gasteiger partial charge in [-0.3, -0.25) is 0 Å². The summed E-state index contributed by atoms with van der Waals surface area (Å²) >= 11 is 0.